The zero-order chi connectivity index (χ0) is 17.4. The molecule has 1 aliphatic heterocycles. The predicted molar refractivity (Wildman–Crippen MR) is 103 cm³/mol. The molecule has 0 radical (unpaired) electrons. The van der Waals surface area contributed by atoms with Crippen molar-refractivity contribution < 1.29 is 9.59 Å². The lowest BCUT2D eigenvalue weighted by Crippen LogP contribution is -2.43. The number of nitrogens with zero attached hydrogens (tertiary/aromatic N) is 2. The van der Waals surface area contributed by atoms with Crippen molar-refractivity contribution in [2.45, 2.75) is 45.7 Å². The van der Waals surface area contributed by atoms with Gasteiger partial charge in [0.2, 0.25) is 11.8 Å². The van der Waals surface area contributed by atoms with Crippen LogP contribution in [0.3, 0.4) is 0 Å². The minimum Gasteiger partial charge on any atom is -0.338 e. The van der Waals surface area contributed by atoms with Crippen LogP contribution in [-0.2, 0) is 16.1 Å². The summed E-state index contributed by atoms with van der Waals surface area (Å²) in [5, 5.41) is 3.32. The molecule has 0 aromatic heterocycles. The summed E-state index contributed by atoms with van der Waals surface area (Å²) in [5.41, 5.74) is 1.09. The Bertz CT molecular complexity index is 533. The fourth-order valence-corrected chi connectivity index (χ4v) is 3.18. The first-order valence-corrected chi connectivity index (χ1v) is 8.91. The molecular weight excluding hydrogens is 338 g/mol. The van der Waals surface area contributed by atoms with E-state index in [0.717, 1.165) is 38.0 Å². The zero-order valence-electron chi connectivity index (χ0n) is 15.2. The second kappa shape index (κ2) is 11.1. The van der Waals surface area contributed by atoms with Gasteiger partial charge in [0.15, 0.2) is 0 Å². The Morgan fingerprint density at radius 1 is 1.20 bits per heavy atom. The molecule has 0 saturated carbocycles. The summed E-state index contributed by atoms with van der Waals surface area (Å²) in [6, 6.07) is 10.2. The van der Waals surface area contributed by atoms with Gasteiger partial charge in [-0.15, -0.1) is 12.4 Å². The molecule has 2 rings (SSSR count). The second-order valence-electron chi connectivity index (χ2n) is 6.41. The first kappa shape index (κ1) is 21.5. The number of carbonyl (C=O) groups excluding carboxylic acids is 2. The van der Waals surface area contributed by atoms with Crippen molar-refractivity contribution in [1.29, 1.82) is 0 Å². The van der Waals surface area contributed by atoms with Crippen LogP contribution in [0.1, 0.15) is 38.7 Å². The molecule has 1 aromatic carbocycles. The minimum absolute atomic E-state index is 0. The topological polar surface area (TPSA) is 52.7 Å². The van der Waals surface area contributed by atoms with E-state index in [4.69, 9.17) is 0 Å². The second-order valence-corrected chi connectivity index (χ2v) is 6.41. The van der Waals surface area contributed by atoms with E-state index < -0.39 is 0 Å². The van der Waals surface area contributed by atoms with Crippen molar-refractivity contribution in [2.75, 3.05) is 26.2 Å². The van der Waals surface area contributed by atoms with Gasteiger partial charge in [0.1, 0.15) is 0 Å². The Kier molecular flexibility index (Phi) is 9.53. The monoisotopic (exact) mass is 367 g/mol. The third kappa shape index (κ3) is 6.67. The normalized spacial score (nSPS) is 16.2. The number of hydrogen-bond donors (Lipinski definition) is 1. The maximum Gasteiger partial charge on any atom is 0.224 e. The maximum absolute atomic E-state index is 12.7. The zero-order valence-corrected chi connectivity index (χ0v) is 16.1. The summed E-state index contributed by atoms with van der Waals surface area (Å²) in [7, 11) is 0. The molecule has 0 aliphatic carbocycles. The number of amides is 2. The van der Waals surface area contributed by atoms with E-state index in [-0.39, 0.29) is 24.2 Å². The molecule has 6 heteroatoms. The highest BCUT2D eigenvalue weighted by Gasteiger charge is 2.26. The molecule has 5 nitrogen and oxygen atoms in total. The Hall–Kier alpha value is -1.59. The largest absolute Gasteiger partial charge is 0.338 e. The molecule has 1 fully saturated rings. The van der Waals surface area contributed by atoms with Crippen LogP contribution in [0.25, 0.3) is 0 Å². The molecule has 1 unspecified atom stereocenters. The van der Waals surface area contributed by atoms with Gasteiger partial charge in [-0.25, -0.2) is 0 Å². The minimum atomic E-state index is 0. The van der Waals surface area contributed by atoms with Gasteiger partial charge in [0.05, 0.1) is 0 Å². The van der Waals surface area contributed by atoms with E-state index in [1.807, 2.05) is 35.2 Å². The number of nitrogens with one attached hydrogen (secondary N) is 1. The van der Waals surface area contributed by atoms with Crippen molar-refractivity contribution in [2.24, 2.45) is 0 Å². The molecule has 1 N–H and O–H groups in total. The summed E-state index contributed by atoms with van der Waals surface area (Å²) < 4.78 is 0. The number of hydrogen-bond acceptors (Lipinski definition) is 3. The Morgan fingerprint density at radius 3 is 2.48 bits per heavy atom. The van der Waals surface area contributed by atoms with Crippen LogP contribution >= 0.6 is 12.4 Å². The van der Waals surface area contributed by atoms with Gasteiger partial charge < -0.3 is 15.1 Å². The molecule has 0 spiro atoms. The summed E-state index contributed by atoms with van der Waals surface area (Å²) in [4.78, 5) is 28.3. The van der Waals surface area contributed by atoms with Crippen LogP contribution in [0.2, 0.25) is 0 Å². The number of rotatable bonds is 8. The number of halogens is 1. The van der Waals surface area contributed by atoms with Gasteiger partial charge >= 0.3 is 0 Å². The molecule has 1 aromatic rings. The quantitative estimate of drug-likeness (QED) is 0.767. The van der Waals surface area contributed by atoms with Gasteiger partial charge in [-0.1, -0.05) is 37.3 Å². The third-order valence-corrected chi connectivity index (χ3v) is 4.52. The van der Waals surface area contributed by atoms with Crippen molar-refractivity contribution in [3.05, 3.63) is 35.9 Å². The molecule has 1 heterocycles. The van der Waals surface area contributed by atoms with Crippen LogP contribution in [0.5, 0.6) is 0 Å². The van der Waals surface area contributed by atoms with Gasteiger partial charge in [-0.05, 0) is 24.9 Å². The average Bonchev–Trinajstić information content (AvgIpc) is 3.11. The average molecular weight is 368 g/mol. The van der Waals surface area contributed by atoms with E-state index in [9.17, 15) is 9.59 Å². The fourth-order valence-electron chi connectivity index (χ4n) is 3.18. The lowest BCUT2D eigenvalue weighted by molar-refractivity contribution is -0.135. The highest BCUT2D eigenvalue weighted by molar-refractivity contribution is 5.85. The van der Waals surface area contributed by atoms with Crippen molar-refractivity contribution in [1.82, 2.24) is 15.1 Å². The highest BCUT2D eigenvalue weighted by atomic mass is 35.5. The van der Waals surface area contributed by atoms with Gasteiger partial charge in [0, 0.05) is 45.6 Å². The van der Waals surface area contributed by atoms with Crippen LogP contribution in [0.4, 0.5) is 0 Å². The molecule has 1 aliphatic rings. The van der Waals surface area contributed by atoms with Gasteiger partial charge in [0.25, 0.3) is 0 Å². The Morgan fingerprint density at radius 2 is 1.92 bits per heavy atom. The molecule has 140 valence electrons. The molecule has 25 heavy (non-hydrogen) atoms. The Labute approximate surface area is 157 Å². The molecule has 2 amide bonds. The van der Waals surface area contributed by atoms with E-state index >= 15 is 0 Å². The van der Waals surface area contributed by atoms with Gasteiger partial charge in [-0.3, -0.25) is 9.59 Å². The number of benzene rings is 1. The van der Waals surface area contributed by atoms with Crippen LogP contribution in [0.15, 0.2) is 30.3 Å². The third-order valence-electron chi connectivity index (χ3n) is 4.52. The molecule has 1 saturated heterocycles. The predicted octanol–water partition coefficient (Wildman–Crippen LogP) is 2.45. The maximum atomic E-state index is 12.7. The SMILES string of the molecule is CCCN(C(=O)CCN(Cc1ccccc1)C(C)=O)C1CCNC1.Cl. The smallest absolute Gasteiger partial charge is 0.224 e. The highest BCUT2D eigenvalue weighted by Crippen LogP contribution is 2.12. The number of carbonyl (C=O) groups is 2. The van der Waals surface area contributed by atoms with Crippen molar-refractivity contribution in [3.8, 4) is 0 Å². The van der Waals surface area contributed by atoms with Crippen LogP contribution < -0.4 is 5.32 Å². The summed E-state index contributed by atoms with van der Waals surface area (Å²) in [6.45, 7) is 7.35. The molecule has 0 bridgehead atoms. The van der Waals surface area contributed by atoms with Gasteiger partial charge in [-0.2, -0.15) is 0 Å². The standard InChI is InChI=1S/C19H29N3O2.ClH/c1-3-12-22(18-9-11-20-14-18)19(24)10-13-21(16(2)23)15-17-7-5-4-6-8-17;/h4-8,18,20H,3,9-15H2,1-2H3;1H. The van der Waals surface area contributed by atoms with E-state index in [1.165, 1.54) is 0 Å². The van der Waals surface area contributed by atoms with Crippen LogP contribution in [0, 0.1) is 0 Å². The first-order valence-electron chi connectivity index (χ1n) is 8.91. The van der Waals surface area contributed by atoms with Crippen LogP contribution in [-0.4, -0.2) is 53.8 Å². The van der Waals surface area contributed by atoms with Crippen molar-refractivity contribution in [3.63, 3.8) is 0 Å². The summed E-state index contributed by atoms with van der Waals surface area (Å²) in [6.07, 6.45) is 2.37. The summed E-state index contributed by atoms with van der Waals surface area (Å²) in [5.74, 6) is 0.168. The Balaban J connectivity index is 0.00000312. The summed E-state index contributed by atoms with van der Waals surface area (Å²) >= 11 is 0. The van der Waals surface area contributed by atoms with E-state index in [2.05, 4.69) is 12.2 Å². The fraction of sp³-hybridized carbons (Fsp3) is 0.579. The lowest BCUT2D eigenvalue weighted by atomic mass is 10.1. The van der Waals surface area contributed by atoms with E-state index in [0.29, 0.717) is 25.6 Å². The molecule has 1 atom stereocenters. The van der Waals surface area contributed by atoms with Crippen molar-refractivity contribution >= 4 is 24.2 Å². The van der Waals surface area contributed by atoms with E-state index in [1.54, 1.807) is 11.8 Å². The first-order chi connectivity index (χ1) is 11.6. The lowest BCUT2D eigenvalue weighted by Gasteiger charge is -2.29. The molecular formula is C19H30ClN3O2.